The average Bonchev–Trinajstić information content (AvgIpc) is 2.61. The van der Waals surface area contributed by atoms with Gasteiger partial charge in [-0.2, -0.15) is 0 Å². The summed E-state index contributed by atoms with van der Waals surface area (Å²) in [5.74, 6) is 0.965. The van der Waals surface area contributed by atoms with E-state index in [0.717, 1.165) is 30.7 Å². The van der Waals surface area contributed by atoms with Gasteiger partial charge in [-0.25, -0.2) is 0 Å². The highest BCUT2D eigenvalue weighted by Crippen LogP contribution is 2.20. The molecule has 2 aromatic carbocycles. The van der Waals surface area contributed by atoms with E-state index in [1.54, 1.807) is 0 Å². The Morgan fingerprint density at radius 3 is 2.81 bits per heavy atom. The van der Waals surface area contributed by atoms with Crippen LogP contribution >= 0.6 is 0 Å². The zero-order valence-electron chi connectivity index (χ0n) is 15.7. The molecule has 3 rings (SSSR count). The van der Waals surface area contributed by atoms with Gasteiger partial charge in [-0.15, -0.1) is 0 Å². The first kappa shape index (κ1) is 18.5. The number of amides is 1. The smallest absolute Gasteiger partial charge is 0.227 e. The molecule has 0 saturated carbocycles. The lowest BCUT2D eigenvalue weighted by Gasteiger charge is -2.36. The second kappa shape index (κ2) is 8.37. The van der Waals surface area contributed by atoms with Gasteiger partial charge in [-0.3, -0.25) is 4.79 Å². The minimum absolute atomic E-state index is 0.167. The lowest BCUT2D eigenvalue weighted by Crippen LogP contribution is -2.48. The number of likely N-dealkylation sites (tertiary alicyclic amines) is 1. The van der Waals surface area contributed by atoms with Crippen molar-refractivity contribution in [1.29, 1.82) is 0 Å². The summed E-state index contributed by atoms with van der Waals surface area (Å²) in [7, 11) is 0. The lowest BCUT2D eigenvalue weighted by molar-refractivity contribution is -0.133. The van der Waals surface area contributed by atoms with Crippen molar-refractivity contribution >= 4 is 5.91 Å². The fourth-order valence-electron chi connectivity index (χ4n) is 3.53. The van der Waals surface area contributed by atoms with E-state index in [9.17, 15) is 4.79 Å². The van der Waals surface area contributed by atoms with E-state index in [1.165, 1.54) is 11.1 Å². The number of carbonyl (C=O) groups excluding carboxylic acids is 1. The highest BCUT2D eigenvalue weighted by atomic mass is 16.5. The molecule has 4 heteroatoms. The minimum Gasteiger partial charge on any atom is -0.489 e. The second-order valence-electron chi connectivity index (χ2n) is 7.26. The van der Waals surface area contributed by atoms with Crippen molar-refractivity contribution < 1.29 is 9.53 Å². The topological polar surface area (TPSA) is 55.6 Å². The number of hydrogen-bond acceptors (Lipinski definition) is 3. The molecule has 0 aliphatic carbocycles. The first-order valence-electron chi connectivity index (χ1n) is 9.34. The van der Waals surface area contributed by atoms with Gasteiger partial charge in [-0.05, 0) is 55.5 Å². The van der Waals surface area contributed by atoms with Crippen LogP contribution in [0, 0.1) is 6.92 Å². The van der Waals surface area contributed by atoms with Gasteiger partial charge in [0.2, 0.25) is 5.91 Å². The number of carbonyl (C=O) groups is 1. The van der Waals surface area contributed by atoms with Crippen molar-refractivity contribution in [2.75, 3.05) is 6.54 Å². The Morgan fingerprint density at radius 1 is 1.23 bits per heavy atom. The summed E-state index contributed by atoms with van der Waals surface area (Å²) in [6, 6.07) is 16.5. The summed E-state index contributed by atoms with van der Waals surface area (Å²) >= 11 is 0. The number of hydrogen-bond donors (Lipinski definition) is 1. The molecule has 4 nitrogen and oxygen atoms in total. The van der Waals surface area contributed by atoms with Crippen LogP contribution in [0.15, 0.2) is 48.5 Å². The van der Waals surface area contributed by atoms with E-state index >= 15 is 0 Å². The molecule has 2 atom stereocenters. The molecule has 26 heavy (non-hydrogen) atoms. The van der Waals surface area contributed by atoms with E-state index in [4.69, 9.17) is 10.5 Å². The molecule has 1 saturated heterocycles. The van der Waals surface area contributed by atoms with Gasteiger partial charge in [0, 0.05) is 18.6 Å². The monoisotopic (exact) mass is 352 g/mol. The number of aryl methyl sites for hydroxylation is 1. The zero-order valence-corrected chi connectivity index (χ0v) is 15.7. The largest absolute Gasteiger partial charge is 0.489 e. The molecule has 0 bridgehead atoms. The highest BCUT2D eigenvalue weighted by molar-refractivity contribution is 5.79. The standard InChI is InChI=1S/C22H28N2O2/c1-16-6-3-4-8-19(16)15-26-21-9-5-7-18(13-21)14-22(25)24-11-10-20(23)12-17(24)2/h3-9,13,17,20H,10-12,14-15,23H2,1-2H3/t17-,20+/m0/s1. The van der Waals surface area contributed by atoms with Crippen LogP contribution in [0.25, 0.3) is 0 Å². The van der Waals surface area contributed by atoms with Crippen LogP contribution in [0.2, 0.25) is 0 Å². The van der Waals surface area contributed by atoms with E-state index in [-0.39, 0.29) is 18.0 Å². The zero-order chi connectivity index (χ0) is 18.5. The molecule has 2 aromatic rings. The summed E-state index contributed by atoms with van der Waals surface area (Å²) in [4.78, 5) is 14.6. The quantitative estimate of drug-likeness (QED) is 0.897. The van der Waals surface area contributed by atoms with Crippen LogP contribution in [0.1, 0.15) is 36.5 Å². The van der Waals surface area contributed by atoms with Crippen LogP contribution in [0.3, 0.4) is 0 Å². The molecule has 1 heterocycles. The van der Waals surface area contributed by atoms with Crippen LogP contribution in [0.5, 0.6) is 5.75 Å². The first-order valence-corrected chi connectivity index (χ1v) is 9.34. The first-order chi connectivity index (χ1) is 12.5. The van der Waals surface area contributed by atoms with E-state index < -0.39 is 0 Å². The predicted molar refractivity (Wildman–Crippen MR) is 104 cm³/mol. The molecule has 1 amide bonds. The molecule has 138 valence electrons. The number of benzene rings is 2. The van der Waals surface area contributed by atoms with E-state index in [1.807, 2.05) is 41.3 Å². The van der Waals surface area contributed by atoms with Crippen molar-refractivity contribution in [3.05, 3.63) is 65.2 Å². The Kier molecular flexibility index (Phi) is 5.94. The Bertz CT molecular complexity index is 759. The summed E-state index contributed by atoms with van der Waals surface area (Å²) in [5.41, 5.74) is 9.38. The Labute approximate surface area is 156 Å². The van der Waals surface area contributed by atoms with E-state index in [0.29, 0.717) is 13.0 Å². The molecule has 0 spiro atoms. The van der Waals surface area contributed by atoms with Gasteiger partial charge in [0.1, 0.15) is 12.4 Å². The number of nitrogens with two attached hydrogens (primary N) is 1. The molecule has 0 aromatic heterocycles. The van der Waals surface area contributed by atoms with Gasteiger partial charge >= 0.3 is 0 Å². The fourth-order valence-corrected chi connectivity index (χ4v) is 3.53. The summed E-state index contributed by atoms with van der Waals surface area (Å²) in [6.45, 7) is 5.45. The third-order valence-electron chi connectivity index (χ3n) is 5.15. The Morgan fingerprint density at radius 2 is 2.04 bits per heavy atom. The lowest BCUT2D eigenvalue weighted by atomic mass is 9.98. The SMILES string of the molecule is Cc1ccccc1COc1cccc(CC(=O)N2CC[C@@H](N)C[C@@H]2C)c1. The van der Waals surface area contributed by atoms with Gasteiger partial charge in [0.25, 0.3) is 0 Å². The van der Waals surface area contributed by atoms with Gasteiger partial charge in [0.05, 0.1) is 6.42 Å². The van der Waals surface area contributed by atoms with Crippen LogP contribution in [-0.2, 0) is 17.8 Å². The van der Waals surface area contributed by atoms with Crippen LogP contribution in [0.4, 0.5) is 0 Å². The minimum atomic E-state index is 0.167. The normalized spacial score (nSPS) is 20.0. The maximum absolute atomic E-state index is 12.7. The molecule has 1 aliphatic rings. The number of piperidine rings is 1. The Hall–Kier alpha value is -2.33. The third-order valence-corrected chi connectivity index (χ3v) is 5.15. The van der Waals surface area contributed by atoms with Gasteiger partial charge in [-0.1, -0.05) is 36.4 Å². The summed E-state index contributed by atoms with van der Waals surface area (Å²) < 4.78 is 5.93. The maximum Gasteiger partial charge on any atom is 0.227 e. The molecule has 0 unspecified atom stereocenters. The van der Waals surface area contributed by atoms with Gasteiger partial charge < -0.3 is 15.4 Å². The predicted octanol–water partition coefficient (Wildman–Crippen LogP) is 3.45. The van der Waals surface area contributed by atoms with Crippen molar-refractivity contribution in [3.8, 4) is 5.75 Å². The number of rotatable bonds is 5. The molecule has 1 fully saturated rings. The molecule has 1 aliphatic heterocycles. The number of ether oxygens (including phenoxy) is 1. The second-order valence-corrected chi connectivity index (χ2v) is 7.26. The van der Waals surface area contributed by atoms with Crippen molar-refractivity contribution in [3.63, 3.8) is 0 Å². The van der Waals surface area contributed by atoms with Gasteiger partial charge in [0.15, 0.2) is 0 Å². The van der Waals surface area contributed by atoms with Crippen LogP contribution in [-0.4, -0.2) is 29.4 Å². The average molecular weight is 352 g/mol. The molecule has 2 N–H and O–H groups in total. The Balaban J connectivity index is 1.60. The van der Waals surface area contributed by atoms with Crippen molar-refractivity contribution in [2.24, 2.45) is 5.73 Å². The van der Waals surface area contributed by atoms with Crippen LogP contribution < -0.4 is 10.5 Å². The number of nitrogens with zero attached hydrogens (tertiary/aromatic N) is 1. The van der Waals surface area contributed by atoms with Crippen molar-refractivity contribution in [2.45, 2.75) is 51.8 Å². The maximum atomic E-state index is 12.7. The summed E-state index contributed by atoms with van der Waals surface area (Å²) in [5, 5.41) is 0. The summed E-state index contributed by atoms with van der Waals surface area (Å²) in [6.07, 6.45) is 2.17. The molecular formula is C22H28N2O2. The van der Waals surface area contributed by atoms with E-state index in [2.05, 4.69) is 26.0 Å². The highest BCUT2D eigenvalue weighted by Gasteiger charge is 2.26. The fraction of sp³-hybridized carbons (Fsp3) is 0.409. The third kappa shape index (κ3) is 4.64. The molecular weight excluding hydrogens is 324 g/mol. The van der Waals surface area contributed by atoms with Crippen molar-refractivity contribution in [1.82, 2.24) is 4.90 Å². The molecule has 0 radical (unpaired) electrons.